The molecule has 2 N–H and O–H groups in total. The van der Waals surface area contributed by atoms with Gasteiger partial charge in [0.2, 0.25) is 0 Å². The predicted octanol–water partition coefficient (Wildman–Crippen LogP) is 0.701. The van der Waals surface area contributed by atoms with E-state index >= 15 is 0 Å². The molecule has 19 heavy (non-hydrogen) atoms. The third-order valence-corrected chi connectivity index (χ3v) is 3.43. The van der Waals surface area contributed by atoms with E-state index in [1.165, 1.54) is 0 Å². The molecule has 1 atom stereocenters. The summed E-state index contributed by atoms with van der Waals surface area (Å²) in [5.74, 6) is 1.69. The Hall–Kier alpha value is -1.46. The monoisotopic (exact) mass is 265 g/mol. The average Bonchev–Trinajstić information content (AvgIpc) is 2.47. The normalized spacial score (nSPS) is 19.3. The number of anilines is 1. The van der Waals surface area contributed by atoms with E-state index in [1.54, 1.807) is 14.2 Å². The first kappa shape index (κ1) is 14.0. The van der Waals surface area contributed by atoms with Crippen molar-refractivity contribution in [3.8, 4) is 11.5 Å². The minimum Gasteiger partial charge on any atom is -0.497 e. The molecular weight excluding hydrogens is 242 g/mol. The Morgan fingerprint density at radius 2 is 2.21 bits per heavy atom. The molecule has 0 amide bonds. The van der Waals surface area contributed by atoms with E-state index in [0.717, 1.165) is 43.4 Å². The van der Waals surface area contributed by atoms with Gasteiger partial charge in [0.05, 0.1) is 19.9 Å². The van der Waals surface area contributed by atoms with Crippen molar-refractivity contribution in [2.45, 2.75) is 6.04 Å². The first-order chi connectivity index (χ1) is 9.28. The molecule has 1 saturated heterocycles. The van der Waals surface area contributed by atoms with Gasteiger partial charge in [0.15, 0.2) is 0 Å². The second-order valence-electron chi connectivity index (χ2n) is 4.69. The zero-order valence-corrected chi connectivity index (χ0v) is 11.9. The molecule has 5 heteroatoms. The van der Waals surface area contributed by atoms with Gasteiger partial charge in [-0.05, 0) is 19.2 Å². The zero-order chi connectivity index (χ0) is 13.7. The maximum Gasteiger partial charge on any atom is 0.145 e. The molecule has 1 aliphatic rings. The van der Waals surface area contributed by atoms with Crippen LogP contribution in [0.3, 0.4) is 0 Å². The molecule has 106 valence electrons. The summed E-state index contributed by atoms with van der Waals surface area (Å²) in [7, 11) is 5.35. The summed E-state index contributed by atoms with van der Waals surface area (Å²) in [6.07, 6.45) is 0. The van der Waals surface area contributed by atoms with Crippen LogP contribution in [0.1, 0.15) is 0 Å². The third-order valence-electron chi connectivity index (χ3n) is 3.43. The van der Waals surface area contributed by atoms with Gasteiger partial charge in [-0.15, -0.1) is 0 Å². The van der Waals surface area contributed by atoms with Gasteiger partial charge in [0.1, 0.15) is 11.5 Å². The number of likely N-dealkylation sites (N-methyl/N-ethyl adjacent to an activating group) is 1. The van der Waals surface area contributed by atoms with Crippen molar-refractivity contribution in [1.82, 2.24) is 10.6 Å². The van der Waals surface area contributed by atoms with Crippen LogP contribution < -0.4 is 25.0 Å². The summed E-state index contributed by atoms with van der Waals surface area (Å²) in [4.78, 5) is 2.36. The Balaban J connectivity index is 2.16. The van der Waals surface area contributed by atoms with Crippen molar-refractivity contribution in [2.24, 2.45) is 0 Å². The smallest absolute Gasteiger partial charge is 0.145 e. The molecule has 0 aliphatic carbocycles. The number of piperazine rings is 1. The predicted molar refractivity (Wildman–Crippen MR) is 77.5 cm³/mol. The van der Waals surface area contributed by atoms with E-state index < -0.39 is 0 Å². The lowest BCUT2D eigenvalue weighted by Crippen LogP contribution is -2.54. The molecule has 1 fully saturated rings. The third kappa shape index (κ3) is 3.30. The number of rotatable bonds is 5. The minimum atomic E-state index is 0.463. The number of nitrogens with one attached hydrogen (secondary N) is 2. The van der Waals surface area contributed by atoms with Gasteiger partial charge < -0.3 is 25.0 Å². The maximum absolute atomic E-state index is 5.48. The molecule has 1 aromatic carbocycles. The molecule has 0 radical (unpaired) electrons. The highest BCUT2D eigenvalue weighted by molar-refractivity contribution is 5.61. The van der Waals surface area contributed by atoms with E-state index in [-0.39, 0.29) is 0 Å². The van der Waals surface area contributed by atoms with Gasteiger partial charge in [-0.25, -0.2) is 0 Å². The zero-order valence-electron chi connectivity index (χ0n) is 11.9. The number of hydrogen-bond donors (Lipinski definition) is 2. The fourth-order valence-corrected chi connectivity index (χ4v) is 2.47. The molecule has 0 bridgehead atoms. The summed E-state index contributed by atoms with van der Waals surface area (Å²) in [5.41, 5.74) is 1.13. The lowest BCUT2D eigenvalue weighted by molar-refractivity contribution is 0.390. The van der Waals surface area contributed by atoms with Crippen LogP contribution in [0.2, 0.25) is 0 Å². The minimum absolute atomic E-state index is 0.463. The topological polar surface area (TPSA) is 45.8 Å². The number of methoxy groups -OCH3 is 2. The average molecular weight is 265 g/mol. The van der Waals surface area contributed by atoms with Crippen LogP contribution in [0.5, 0.6) is 11.5 Å². The van der Waals surface area contributed by atoms with Gasteiger partial charge in [-0.3, -0.25) is 0 Å². The molecule has 5 nitrogen and oxygen atoms in total. The summed E-state index contributed by atoms with van der Waals surface area (Å²) in [6, 6.07) is 6.45. The number of ether oxygens (including phenoxy) is 2. The van der Waals surface area contributed by atoms with E-state index in [0.29, 0.717) is 6.04 Å². The van der Waals surface area contributed by atoms with Crippen LogP contribution in [0.25, 0.3) is 0 Å². The largest absolute Gasteiger partial charge is 0.497 e. The number of hydrogen-bond acceptors (Lipinski definition) is 5. The van der Waals surface area contributed by atoms with Gasteiger partial charge in [0.25, 0.3) is 0 Å². The SMILES string of the molecule is CNCC1CN(c2ccc(OC)cc2OC)CCN1. The standard InChI is InChI=1S/C14H23N3O2/c1-15-9-11-10-17(7-6-16-11)13-5-4-12(18-2)8-14(13)19-3/h4-5,8,11,15-16H,6-7,9-10H2,1-3H3. The molecule has 1 aliphatic heterocycles. The summed E-state index contributed by atoms with van der Waals surface area (Å²) >= 11 is 0. The van der Waals surface area contributed by atoms with E-state index in [2.05, 4.69) is 21.6 Å². The van der Waals surface area contributed by atoms with Gasteiger partial charge in [-0.2, -0.15) is 0 Å². The number of benzene rings is 1. The van der Waals surface area contributed by atoms with Gasteiger partial charge in [-0.1, -0.05) is 0 Å². The van der Waals surface area contributed by atoms with Crippen LogP contribution in [0, 0.1) is 0 Å². The molecule has 2 rings (SSSR count). The fourth-order valence-electron chi connectivity index (χ4n) is 2.47. The quantitative estimate of drug-likeness (QED) is 0.820. The Labute approximate surface area is 114 Å². The van der Waals surface area contributed by atoms with Gasteiger partial charge in [0, 0.05) is 38.3 Å². The highest BCUT2D eigenvalue weighted by Crippen LogP contribution is 2.32. The second kappa shape index (κ2) is 6.63. The van der Waals surface area contributed by atoms with Crippen LogP contribution in [-0.2, 0) is 0 Å². The van der Waals surface area contributed by atoms with Crippen molar-refractivity contribution in [3.63, 3.8) is 0 Å². The molecule has 0 spiro atoms. The lowest BCUT2D eigenvalue weighted by Gasteiger charge is -2.36. The van der Waals surface area contributed by atoms with Gasteiger partial charge >= 0.3 is 0 Å². The Bertz CT molecular complexity index is 410. The molecule has 0 aromatic heterocycles. The van der Waals surface area contributed by atoms with Crippen molar-refractivity contribution in [2.75, 3.05) is 52.3 Å². The van der Waals surface area contributed by atoms with Crippen molar-refractivity contribution >= 4 is 5.69 Å². The maximum atomic E-state index is 5.48. The van der Waals surface area contributed by atoms with E-state index in [1.807, 2.05) is 19.2 Å². The Morgan fingerprint density at radius 3 is 2.89 bits per heavy atom. The Kier molecular flexibility index (Phi) is 4.87. The van der Waals surface area contributed by atoms with Crippen molar-refractivity contribution < 1.29 is 9.47 Å². The first-order valence-corrected chi connectivity index (χ1v) is 6.63. The lowest BCUT2D eigenvalue weighted by atomic mass is 10.1. The van der Waals surface area contributed by atoms with Crippen molar-refractivity contribution in [3.05, 3.63) is 18.2 Å². The first-order valence-electron chi connectivity index (χ1n) is 6.63. The molecule has 1 aromatic rings. The van der Waals surface area contributed by atoms with E-state index in [4.69, 9.17) is 9.47 Å². The molecule has 0 saturated carbocycles. The summed E-state index contributed by atoms with van der Waals surface area (Å²) in [5, 5.41) is 6.73. The van der Waals surface area contributed by atoms with Crippen LogP contribution in [0.4, 0.5) is 5.69 Å². The molecule has 1 heterocycles. The summed E-state index contributed by atoms with van der Waals surface area (Å²) in [6.45, 7) is 3.92. The Morgan fingerprint density at radius 1 is 1.37 bits per heavy atom. The van der Waals surface area contributed by atoms with Crippen LogP contribution in [0.15, 0.2) is 18.2 Å². The van der Waals surface area contributed by atoms with Crippen LogP contribution in [-0.4, -0.2) is 53.5 Å². The fraction of sp³-hybridized carbons (Fsp3) is 0.571. The van der Waals surface area contributed by atoms with Crippen molar-refractivity contribution in [1.29, 1.82) is 0 Å². The van der Waals surface area contributed by atoms with Crippen LogP contribution >= 0.6 is 0 Å². The highest BCUT2D eigenvalue weighted by Gasteiger charge is 2.21. The number of nitrogens with zero attached hydrogens (tertiary/aromatic N) is 1. The molecule has 1 unspecified atom stereocenters. The molecular formula is C14H23N3O2. The summed E-state index contributed by atoms with van der Waals surface area (Å²) < 4.78 is 10.7. The van der Waals surface area contributed by atoms with E-state index in [9.17, 15) is 0 Å². The highest BCUT2D eigenvalue weighted by atomic mass is 16.5. The second-order valence-corrected chi connectivity index (χ2v) is 4.69.